The highest BCUT2D eigenvalue weighted by Gasteiger charge is 2.23. The van der Waals surface area contributed by atoms with Crippen LogP contribution in [0.1, 0.15) is 13.3 Å². The van der Waals surface area contributed by atoms with Crippen LogP contribution in [-0.4, -0.2) is 18.2 Å². The molecule has 3 nitrogen and oxygen atoms in total. The molecule has 1 aromatic rings. The monoisotopic (exact) mass is 222 g/mol. The second-order valence-corrected chi connectivity index (χ2v) is 4.58. The van der Waals surface area contributed by atoms with Crippen LogP contribution < -0.4 is 10.6 Å². The fraction of sp³-hybridized carbons (Fsp3) is 0.364. The Kier molecular flexibility index (Phi) is 2.86. The minimum Gasteiger partial charge on any atom is -0.399 e. The molecule has 0 aliphatic carbocycles. The van der Waals surface area contributed by atoms with Crippen molar-refractivity contribution in [2.75, 3.05) is 22.9 Å². The van der Waals surface area contributed by atoms with Gasteiger partial charge >= 0.3 is 0 Å². The van der Waals surface area contributed by atoms with Crippen molar-refractivity contribution in [3.63, 3.8) is 0 Å². The number of benzene rings is 1. The van der Waals surface area contributed by atoms with Crippen LogP contribution in [0.25, 0.3) is 0 Å². The van der Waals surface area contributed by atoms with Crippen LogP contribution in [0.2, 0.25) is 0 Å². The largest absolute Gasteiger partial charge is 0.399 e. The third-order valence-electron chi connectivity index (χ3n) is 2.37. The molecule has 0 spiro atoms. The summed E-state index contributed by atoms with van der Waals surface area (Å²) < 4.78 is 0. The first kappa shape index (κ1) is 10.4. The Hall–Kier alpha value is -1.16. The fourth-order valence-electron chi connectivity index (χ4n) is 1.69. The number of carbonyl (C=O) groups excluding carboxylic acids is 1. The first-order valence-corrected chi connectivity index (χ1v) is 6.03. The molecular weight excluding hydrogens is 208 g/mol. The average molecular weight is 222 g/mol. The van der Waals surface area contributed by atoms with E-state index in [0.717, 1.165) is 29.2 Å². The number of hydrogen-bond donors (Lipinski definition) is 1. The number of carbonyl (C=O) groups is 1. The van der Waals surface area contributed by atoms with E-state index < -0.39 is 0 Å². The lowest BCUT2D eigenvalue weighted by molar-refractivity contribution is -0.116. The predicted molar refractivity (Wildman–Crippen MR) is 64.2 cm³/mol. The van der Waals surface area contributed by atoms with Crippen molar-refractivity contribution in [1.82, 2.24) is 0 Å². The summed E-state index contributed by atoms with van der Waals surface area (Å²) in [5.41, 5.74) is 7.48. The molecule has 0 radical (unpaired) electrons. The van der Waals surface area contributed by atoms with Gasteiger partial charge in [-0.3, -0.25) is 4.79 Å². The lowest BCUT2D eigenvalue weighted by Gasteiger charge is -2.28. The number of nitrogens with zero attached hydrogens (tertiary/aromatic N) is 1. The zero-order chi connectivity index (χ0) is 10.8. The van der Waals surface area contributed by atoms with E-state index in [9.17, 15) is 4.79 Å². The number of hydrogen-bond acceptors (Lipinski definition) is 3. The molecule has 80 valence electrons. The van der Waals surface area contributed by atoms with Crippen molar-refractivity contribution in [3.05, 3.63) is 18.2 Å². The molecule has 0 saturated heterocycles. The van der Waals surface area contributed by atoms with Crippen molar-refractivity contribution >= 4 is 29.0 Å². The average Bonchev–Trinajstić information content (AvgIpc) is 2.22. The number of anilines is 2. The summed E-state index contributed by atoms with van der Waals surface area (Å²) in [6.07, 6.45) is 0.972. The molecule has 4 heteroatoms. The Morgan fingerprint density at radius 1 is 1.53 bits per heavy atom. The van der Waals surface area contributed by atoms with E-state index in [0.29, 0.717) is 5.75 Å². The fourth-order valence-corrected chi connectivity index (χ4v) is 2.67. The summed E-state index contributed by atoms with van der Waals surface area (Å²) in [5.74, 6) is 0.718. The highest BCUT2D eigenvalue weighted by Crippen LogP contribution is 2.36. The van der Waals surface area contributed by atoms with Crippen LogP contribution in [0, 0.1) is 0 Å². The lowest BCUT2D eigenvalue weighted by Crippen LogP contribution is -2.35. The molecule has 0 atom stereocenters. The third kappa shape index (κ3) is 1.95. The molecule has 0 unspecified atom stereocenters. The Bertz CT molecular complexity index is 392. The van der Waals surface area contributed by atoms with E-state index in [1.54, 1.807) is 11.8 Å². The lowest BCUT2D eigenvalue weighted by atomic mass is 10.2. The van der Waals surface area contributed by atoms with Gasteiger partial charge in [0.1, 0.15) is 0 Å². The van der Waals surface area contributed by atoms with E-state index in [4.69, 9.17) is 5.73 Å². The molecule has 0 bridgehead atoms. The van der Waals surface area contributed by atoms with Gasteiger partial charge in [-0.1, -0.05) is 6.92 Å². The van der Waals surface area contributed by atoms with Gasteiger partial charge in [0.15, 0.2) is 0 Å². The molecule has 1 aromatic carbocycles. The molecule has 1 amide bonds. The van der Waals surface area contributed by atoms with Gasteiger partial charge in [-0.25, -0.2) is 0 Å². The quantitative estimate of drug-likeness (QED) is 0.780. The highest BCUT2D eigenvalue weighted by molar-refractivity contribution is 8.00. The minimum absolute atomic E-state index is 0.194. The second-order valence-electron chi connectivity index (χ2n) is 3.56. The third-order valence-corrected chi connectivity index (χ3v) is 3.40. The van der Waals surface area contributed by atoms with Gasteiger partial charge in [0.2, 0.25) is 5.91 Å². The van der Waals surface area contributed by atoms with Gasteiger partial charge in [0.05, 0.1) is 11.4 Å². The summed E-state index contributed by atoms with van der Waals surface area (Å²) in [4.78, 5) is 14.7. The van der Waals surface area contributed by atoms with E-state index in [1.165, 1.54) is 0 Å². The number of nitrogens with two attached hydrogens (primary N) is 1. The number of rotatable bonds is 2. The van der Waals surface area contributed by atoms with Gasteiger partial charge in [-0.05, 0) is 24.6 Å². The number of amides is 1. The van der Waals surface area contributed by atoms with E-state index in [2.05, 4.69) is 6.92 Å². The molecule has 15 heavy (non-hydrogen) atoms. The number of nitrogen functional groups attached to an aromatic ring is 1. The van der Waals surface area contributed by atoms with Gasteiger partial charge in [-0.2, -0.15) is 0 Å². The van der Waals surface area contributed by atoms with Gasteiger partial charge in [-0.15, -0.1) is 11.8 Å². The van der Waals surface area contributed by atoms with Gasteiger partial charge < -0.3 is 10.6 Å². The van der Waals surface area contributed by atoms with Gasteiger partial charge in [0, 0.05) is 17.1 Å². The summed E-state index contributed by atoms with van der Waals surface area (Å²) in [6, 6.07) is 5.72. The maximum Gasteiger partial charge on any atom is 0.237 e. The SMILES string of the molecule is CCCN1C(=O)CSc2cc(N)ccc21. The van der Waals surface area contributed by atoms with E-state index in [1.807, 2.05) is 23.1 Å². The highest BCUT2D eigenvalue weighted by atomic mass is 32.2. The summed E-state index contributed by atoms with van der Waals surface area (Å²) >= 11 is 1.57. The normalized spacial score (nSPS) is 15.3. The van der Waals surface area contributed by atoms with Crippen molar-refractivity contribution in [3.8, 4) is 0 Å². The van der Waals surface area contributed by atoms with Crippen molar-refractivity contribution in [2.45, 2.75) is 18.2 Å². The van der Waals surface area contributed by atoms with Crippen LogP contribution >= 0.6 is 11.8 Å². The van der Waals surface area contributed by atoms with Crippen LogP contribution in [0.5, 0.6) is 0 Å². The molecule has 0 fully saturated rings. The zero-order valence-corrected chi connectivity index (χ0v) is 9.51. The molecule has 1 aliphatic rings. The first-order chi connectivity index (χ1) is 7.22. The summed E-state index contributed by atoms with van der Waals surface area (Å²) in [6.45, 7) is 2.86. The molecule has 2 N–H and O–H groups in total. The van der Waals surface area contributed by atoms with E-state index in [-0.39, 0.29) is 5.91 Å². The van der Waals surface area contributed by atoms with Crippen LogP contribution in [0.3, 0.4) is 0 Å². The standard InChI is InChI=1S/C11H14N2OS/c1-2-5-13-9-4-3-8(12)6-10(9)15-7-11(13)14/h3-4,6H,2,5,7,12H2,1H3. The van der Waals surface area contributed by atoms with Crippen molar-refractivity contribution in [2.24, 2.45) is 0 Å². The van der Waals surface area contributed by atoms with Crippen LogP contribution in [0.15, 0.2) is 23.1 Å². The molecular formula is C11H14N2OS. The summed E-state index contributed by atoms with van der Waals surface area (Å²) in [7, 11) is 0. The molecule has 1 aliphatic heterocycles. The van der Waals surface area contributed by atoms with Crippen molar-refractivity contribution in [1.29, 1.82) is 0 Å². The Morgan fingerprint density at radius 2 is 2.33 bits per heavy atom. The predicted octanol–water partition coefficient (Wildman–Crippen LogP) is 2.12. The number of thioether (sulfide) groups is 1. The van der Waals surface area contributed by atoms with Crippen molar-refractivity contribution < 1.29 is 4.79 Å². The van der Waals surface area contributed by atoms with Crippen LogP contribution in [0.4, 0.5) is 11.4 Å². The Morgan fingerprint density at radius 3 is 3.07 bits per heavy atom. The molecule has 0 saturated carbocycles. The first-order valence-electron chi connectivity index (χ1n) is 5.05. The molecule has 2 rings (SSSR count). The zero-order valence-electron chi connectivity index (χ0n) is 8.69. The van der Waals surface area contributed by atoms with Crippen LogP contribution in [-0.2, 0) is 4.79 Å². The maximum absolute atomic E-state index is 11.7. The topological polar surface area (TPSA) is 46.3 Å². The second kappa shape index (κ2) is 4.14. The number of fused-ring (bicyclic) bond motifs is 1. The minimum atomic E-state index is 0.194. The Labute approximate surface area is 93.6 Å². The Balaban J connectivity index is 2.39. The molecule has 0 aromatic heterocycles. The smallest absolute Gasteiger partial charge is 0.237 e. The molecule has 1 heterocycles. The maximum atomic E-state index is 11.7. The van der Waals surface area contributed by atoms with E-state index >= 15 is 0 Å². The summed E-state index contributed by atoms with van der Waals surface area (Å²) in [5, 5.41) is 0. The van der Waals surface area contributed by atoms with Gasteiger partial charge in [0.25, 0.3) is 0 Å².